The summed E-state index contributed by atoms with van der Waals surface area (Å²) in [6.07, 6.45) is 0. The van der Waals surface area contributed by atoms with E-state index in [4.69, 9.17) is 9.26 Å². The van der Waals surface area contributed by atoms with E-state index in [1.54, 1.807) is 42.2 Å². The second-order valence-electron chi connectivity index (χ2n) is 5.26. The Bertz CT molecular complexity index is 720. The number of aromatic nitrogens is 1. The van der Waals surface area contributed by atoms with Crippen molar-refractivity contribution >= 4 is 17.6 Å². The molecule has 7 nitrogen and oxygen atoms in total. The molecule has 0 aliphatic carbocycles. The van der Waals surface area contributed by atoms with Crippen LogP contribution >= 0.6 is 0 Å². The standard InChI is InChI=1S/C16H17N3O4/c1-11-9-14(18-23-11)17-15(20)12-3-2-4-13(10-12)16(21)19-5-7-22-8-6-19/h2-4,9-10H,5-8H2,1H3,(H,17,18,20). The Morgan fingerprint density at radius 2 is 1.91 bits per heavy atom. The molecule has 0 saturated carbocycles. The van der Waals surface area contributed by atoms with Gasteiger partial charge in [-0.2, -0.15) is 0 Å². The zero-order valence-corrected chi connectivity index (χ0v) is 12.7. The van der Waals surface area contributed by atoms with E-state index in [1.807, 2.05) is 0 Å². The molecule has 120 valence electrons. The maximum atomic E-state index is 12.4. The number of ether oxygens (including phenoxy) is 1. The van der Waals surface area contributed by atoms with Crippen LogP contribution < -0.4 is 5.32 Å². The Kier molecular flexibility index (Phi) is 4.38. The van der Waals surface area contributed by atoms with Crippen molar-refractivity contribution in [3.05, 3.63) is 47.2 Å². The molecule has 1 fully saturated rings. The van der Waals surface area contributed by atoms with E-state index in [9.17, 15) is 9.59 Å². The summed E-state index contributed by atoms with van der Waals surface area (Å²) < 4.78 is 10.1. The molecule has 1 aromatic carbocycles. The van der Waals surface area contributed by atoms with Gasteiger partial charge in [0.15, 0.2) is 5.82 Å². The highest BCUT2D eigenvalue weighted by atomic mass is 16.5. The Morgan fingerprint density at radius 3 is 2.61 bits per heavy atom. The second kappa shape index (κ2) is 6.62. The largest absolute Gasteiger partial charge is 0.378 e. The molecule has 23 heavy (non-hydrogen) atoms. The van der Waals surface area contributed by atoms with Gasteiger partial charge in [0.05, 0.1) is 13.2 Å². The number of morpholine rings is 1. The molecule has 0 unspecified atom stereocenters. The van der Waals surface area contributed by atoms with Crippen molar-refractivity contribution in [2.75, 3.05) is 31.6 Å². The van der Waals surface area contributed by atoms with E-state index in [0.29, 0.717) is 49.0 Å². The predicted molar refractivity (Wildman–Crippen MR) is 82.4 cm³/mol. The monoisotopic (exact) mass is 315 g/mol. The molecule has 2 aromatic rings. The van der Waals surface area contributed by atoms with Crippen LogP contribution in [0.15, 0.2) is 34.9 Å². The third kappa shape index (κ3) is 3.57. The number of amides is 2. The summed E-state index contributed by atoms with van der Waals surface area (Å²) in [5.74, 6) is 0.518. The Labute approximate surface area is 133 Å². The predicted octanol–water partition coefficient (Wildman–Crippen LogP) is 1.71. The van der Waals surface area contributed by atoms with Gasteiger partial charge in [-0.1, -0.05) is 11.2 Å². The Morgan fingerprint density at radius 1 is 1.17 bits per heavy atom. The summed E-state index contributed by atoms with van der Waals surface area (Å²) in [6.45, 7) is 3.94. The molecular formula is C16H17N3O4. The number of carbonyl (C=O) groups is 2. The van der Waals surface area contributed by atoms with Gasteiger partial charge in [0.2, 0.25) is 0 Å². The highest BCUT2D eigenvalue weighted by Gasteiger charge is 2.19. The zero-order valence-electron chi connectivity index (χ0n) is 12.7. The molecule has 1 aliphatic heterocycles. The molecule has 2 amide bonds. The van der Waals surface area contributed by atoms with Crippen molar-refractivity contribution in [3.63, 3.8) is 0 Å². The summed E-state index contributed by atoms with van der Waals surface area (Å²) in [7, 11) is 0. The number of nitrogens with one attached hydrogen (secondary N) is 1. The average molecular weight is 315 g/mol. The van der Waals surface area contributed by atoms with Crippen molar-refractivity contribution < 1.29 is 18.8 Å². The first kappa shape index (κ1) is 15.2. The minimum Gasteiger partial charge on any atom is -0.378 e. The van der Waals surface area contributed by atoms with E-state index in [2.05, 4.69) is 10.5 Å². The van der Waals surface area contributed by atoms with Gasteiger partial charge in [-0.15, -0.1) is 0 Å². The van der Waals surface area contributed by atoms with Crippen molar-refractivity contribution in [1.82, 2.24) is 10.1 Å². The number of nitrogens with zero attached hydrogens (tertiary/aromatic N) is 2. The van der Waals surface area contributed by atoms with Crippen molar-refractivity contribution in [2.24, 2.45) is 0 Å². The van der Waals surface area contributed by atoms with Crippen LogP contribution in [0.4, 0.5) is 5.82 Å². The Hall–Kier alpha value is -2.67. The maximum absolute atomic E-state index is 12.4. The highest BCUT2D eigenvalue weighted by Crippen LogP contribution is 2.13. The fourth-order valence-corrected chi connectivity index (χ4v) is 2.36. The molecule has 0 atom stereocenters. The SMILES string of the molecule is Cc1cc(NC(=O)c2cccc(C(=O)N3CCOCC3)c2)no1. The number of hydrogen-bond acceptors (Lipinski definition) is 5. The highest BCUT2D eigenvalue weighted by molar-refractivity contribution is 6.05. The van der Waals surface area contributed by atoms with Crippen LogP contribution in [0.3, 0.4) is 0 Å². The van der Waals surface area contributed by atoms with E-state index in [-0.39, 0.29) is 11.8 Å². The molecule has 1 saturated heterocycles. The topological polar surface area (TPSA) is 84.7 Å². The molecule has 1 aromatic heterocycles. The number of rotatable bonds is 3. The van der Waals surface area contributed by atoms with E-state index in [1.165, 1.54) is 0 Å². The number of aryl methyl sites for hydroxylation is 1. The average Bonchev–Trinajstić information content (AvgIpc) is 3.00. The van der Waals surface area contributed by atoms with E-state index >= 15 is 0 Å². The molecule has 1 aliphatic rings. The molecule has 1 N–H and O–H groups in total. The van der Waals surface area contributed by atoms with Gasteiger partial charge in [0.25, 0.3) is 11.8 Å². The molecule has 3 rings (SSSR count). The van der Waals surface area contributed by atoms with Crippen molar-refractivity contribution in [1.29, 1.82) is 0 Å². The van der Waals surface area contributed by atoms with E-state index in [0.717, 1.165) is 0 Å². The molecule has 7 heteroatoms. The van der Waals surface area contributed by atoms with Gasteiger partial charge in [0, 0.05) is 30.3 Å². The lowest BCUT2D eigenvalue weighted by Crippen LogP contribution is -2.40. The van der Waals surface area contributed by atoms with Gasteiger partial charge >= 0.3 is 0 Å². The summed E-state index contributed by atoms with van der Waals surface area (Å²) >= 11 is 0. The minimum atomic E-state index is -0.338. The molecule has 0 bridgehead atoms. The van der Waals surface area contributed by atoms with Crippen molar-refractivity contribution in [2.45, 2.75) is 6.92 Å². The maximum Gasteiger partial charge on any atom is 0.256 e. The second-order valence-corrected chi connectivity index (χ2v) is 5.26. The van der Waals surface area contributed by atoms with Crippen LogP contribution in [0.5, 0.6) is 0 Å². The van der Waals surface area contributed by atoms with Gasteiger partial charge < -0.3 is 19.5 Å². The lowest BCUT2D eigenvalue weighted by molar-refractivity contribution is 0.0303. The van der Waals surface area contributed by atoms with Crippen LogP contribution in [0.2, 0.25) is 0 Å². The fraction of sp³-hybridized carbons (Fsp3) is 0.312. The number of benzene rings is 1. The lowest BCUT2D eigenvalue weighted by atomic mass is 10.1. The van der Waals surface area contributed by atoms with E-state index < -0.39 is 0 Å². The zero-order chi connectivity index (χ0) is 16.2. The first-order chi connectivity index (χ1) is 11.1. The summed E-state index contributed by atoms with van der Waals surface area (Å²) in [6, 6.07) is 8.25. The number of hydrogen-bond donors (Lipinski definition) is 1. The van der Waals surface area contributed by atoms with Gasteiger partial charge in [0.1, 0.15) is 5.76 Å². The van der Waals surface area contributed by atoms with Gasteiger partial charge in [-0.05, 0) is 25.1 Å². The molecular weight excluding hydrogens is 298 g/mol. The molecule has 0 spiro atoms. The number of carbonyl (C=O) groups excluding carboxylic acids is 2. The van der Waals surface area contributed by atoms with Crippen LogP contribution in [0.25, 0.3) is 0 Å². The normalized spacial score (nSPS) is 14.6. The van der Waals surface area contributed by atoms with Crippen LogP contribution in [0.1, 0.15) is 26.5 Å². The quantitative estimate of drug-likeness (QED) is 0.932. The minimum absolute atomic E-state index is 0.0970. The summed E-state index contributed by atoms with van der Waals surface area (Å²) in [5, 5.41) is 6.35. The van der Waals surface area contributed by atoms with Gasteiger partial charge in [-0.25, -0.2) is 0 Å². The first-order valence-corrected chi connectivity index (χ1v) is 7.35. The number of anilines is 1. The molecule has 2 heterocycles. The summed E-state index contributed by atoms with van der Waals surface area (Å²) in [4.78, 5) is 26.4. The summed E-state index contributed by atoms with van der Waals surface area (Å²) in [5.41, 5.74) is 0.876. The third-order valence-electron chi connectivity index (χ3n) is 3.54. The van der Waals surface area contributed by atoms with Crippen LogP contribution in [-0.2, 0) is 4.74 Å². The van der Waals surface area contributed by atoms with Crippen LogP contribution in [0, 0.1) is 6.92 Å². The first-order valence-electron chi connectivity index (χ1n) is 7.35. The van der Waals surface area contributed by atoms with Crippen molar-refractivity contribution in [3.8, 4) is 0 Å². The fourth-order valence-electron chi connectivity index (χ4n) is 2.36. The smallest absolute Gasteiger partial charge is 0.256 e. The van der Waals surface area contributed by atoms with Gasteiger partial charge in [-0.3, -0.25) is 9.59 Å². The Balaban J connectivity index is 1.73. The lowest BCUT2D eigenvalue weighted by Gasteiger charge is -2.26. The third-order valence-corrected chi connectivity index (χ3v) is 3.54. The molecule has 0 radical (unpaired) electrons. The van der Waals surface area contributed by atoms with Crippen LogP contribution in [-0.4, -0.2) is 48.2 Å².